The van der Waals surface area contributed by atoms with Crippen LogP contribution < -0.4 is 20.9 Å². The van der Waals surface area contributed by atoms with Gasteiger partial charge in [-0.2, -0.15) is 0 Å². The van der Waals surface area contributed by atoms with Gasteiger partial charge in [0.2, 0.25) is 0 Å². The molecule has 0 radical (unpaired) electrons. The van der Waals surface area contributed by atoms with E-state index in [1.807, 2.05) is 32.0 Å². The first-order valence-corrected chi connectivity index (χ1v) is 9.99. The molecule has 0 bridgehead atoms. The Labute approximate surface area is 165 Å². The lowest BCUT2D eigenvalue weighted by Crippen LogP contribution is -3.06. The van der Waals surface area contributed by atoms with Crippen LogP contribution in [0.1, 0.15) is 40.7 Å². The lowest BCUT2D eigenvalue weighted by Gasteiger charge is -2.20. The third kappa shape index (κ3) is 6.69. The normalized spacial score (nSPS) is 12.1. The van der Waals surface area contributed by atoms with E-state index in [9.17, 15) is 9.59 Å². The van der Waals surface area contributed by atoms with Crippen LogP contribution in [0.15, 0.2) is 41.8 Å². The molecule has 0 saturated heterocycles. The maximum atomic E-state index is 12.4. The van der Waals surface area contributed by atoms with E-state index >= 15 is 0 Å². The number of urea groups is 1. The maximum absolute atomic E-state index is 12.4. The lowest BCUT2D eigenvalue weighted by atomic mass is 10.1. The van der Waals surface area contributed by atoms with Gasteiger partial charge in [-0.15, -0.1) is 11.3 Å². The minimum atomic E-state index is -0.197. The molecule has 4 N–H and O–H groups in total. The quantitative estimate of drug-likeness (QED) is 0.553. The van der Waals surface area contributed by atoms with E-state index < -0.39 is 0 Å². The van der Waals surface area contributed by atoms with Crippen molar-refractivity contribution in [2.75, 3.05) is 20.6 Å². The molecule has 1 aromatic carbocycles. The van der Waals surface area contributed by atoms with Crippen molar-refractivity contribution < 1.29 is 14.5 Å². The molecule has 0 spiro atoms. The van der Waals surface area contributed by atoms with E-state index in [0.29, 0.717) is 18.7 Å². The number of carbonyl (C=O) groups excluding carboxylic acids is 2. The Morgan fingerprint density at radius 2 is 1.78 bits per heavy atom. The molecule has 1 atom stereocenters. The van der Waals surface area contributed by atoms with Crippen LogP contribution >= 0.6 is 11.3 Å². The summed E-state index contributed by atoms with van der Waals surface area (Å²) in [5.74, 6) is -0.0881. The molecule has 0 aliphatic heterocycles. The predicted octanol–water partition coefficient (Wildman–Crippen LogP) is 1.57. The number of rotatable bonds is 8. The van der Waals surface area contributed by atoms with Crippen molar-refractivity contribution in [2.24, 2.45) is 0 Å². The zero-order valence-electron chi connectivity index (χ0n) is 16.3. The van der Waals surface area contributed by atoms with Crippen LogP contribution in [0, 0.1) is 0 Å². The summed E-state index contributed by atoms with van der Waals surface area (Å²) in [6, 6.07) is 11.6. The largest absolute Gasteiger partial charge is 0.346 e. The molecule has 0 saturated carbocycles. The van der Waals surface area contributed by atoms with E-state index in [1.165, 1.54) is 9.78 Å². The zero-order chi connectivity index (χ0) is 19.8. The third-order valence-corrected chi connectivity index (χ3v) is 5.13. The fraction of sp³-hybridized carbons (Fsp3) is 0.400. The van der Waals surface area contributed by atoms with E-state index in [1.54, 1.807) is 23.5 Å². The molecule has 2 aromatic rings. The van der Waals surface area contributed by atoms with Crippen LogP contribution in [-0.2, 0) is 6.54 Å². The van der Waals surface area contributed by atoms with Crippen LogP contribution in [0.25, 0.3) is 0 Å². The highest BCUT2D eigenvalue weighted by Gasteiger charge is 2.20. The summed E-state index contributed by atoms with van der Waals surface area (Å²) in [6.45, 7) is 4.83. The number of thiophene rings is 1. The van der Waals surface area contributed by atoms with E-state index in [2.05, 4.69) is 41.5 Å². The van der Waals surface area contributed by atoms with Crippen LogP contribution in [0.3, 0.4) is 0 Å². The molecular weight excluding hydrogens is 360 g/mol. The molecule has 27 heavy (non-hydrogen) atoms. The Balaban J connectivity index is 1.87. The summed E-state index contributed by atoms with van der Waals surface area (Å²) in [6.07, 6.45) is 0. The number of nitrogens with one attached hydrogen (secondary N) is 4. The van der Waals surface area contributed by atoms with Crippen LogP contribution in [0.4, 0.5) is 4.79 Å². The molecular formula is C20H29N4O2S+. The number of quaternary nitrogens is 1. The molecule has 0 fully saturated rings. The van der Waals surface area contributed by atoms with Gasteiger partial charge in [0.1, 0.15) is 6.04 Å². The SMILES string of the molecule is CC(C)NC(=O)NCc1ccc(C(=O)NC[C@H](c2cccs2)[NH+](C)C)cc1. The van der Waals surface area contributed by atoms with Crippen molar-refractivity contribution in [3.63, 3.8) is 0 Å². The highest BCUT2D eigenvalue weighted by molar-refractivity contribution is 7.10. The number of benzene rings is 1. The summed E-state index contributed by atoms with van der Waals surface area (Å²) in [5.41, 5.74) is 1.56. The fourth-order valence-electron chi connectivity index (χ4n) is 2.65. The van der Waals surface area contributed by atoms with Crippen LogP contribution in [-0.4, -0.2) is 38.6 Å². The molecule has 2 rings (SSSR count). The highest BCUT2D eigenvalue weighted by Crippen LogP contribution is 2.15. The molecule has 0 aliphatic carbocycles. The Kier molecular flexibility index (Phi) is 7.82. The number of amides is 3. The van der Waals surface area contributed by atoms with Crippen LogP contribution in [0.2, 0.25) is 0 Å². The molecule has 1 aromatic heterocycles. The second-order valence-electron chi connectivity index (χ2n) is 7.03. The van der Waals surface area contributed by atoms with Gasteiger partial charge in [-0.1, -0.05) is 18.2 Å². The van der Waals surface area contributed by atoms with Gasteiger partial charge in [0, 0.05) is 18.2 Å². The monoisotopic (exact) mass is 389 g/mol. The summed E-state index contributed by atoms with van der Waals surface area (Å²) in [4.78, 5) is 26.6. The number of hydrogen-bond acceptors (Lipinski definition) is 3. The second-order valence-corrected chi connectivity index (χ2v) is 8.01. The minimum Gasteiger partial charge on any atom is -0.346 e. The Morgan fingerprint density at radius 3 is 2.33 bits per heavy atom. The summed E-state index contributed by atoms with van der Waals surface area (Å²) in [7, 11) is 4.18. The maximum Gasteiger partial charge on any atom is 0.315 e. The van der Waals surface area contributed by atoms with Crippen molar-refractivity contribution in [3.8, 4) is 0 Å². The van der Waals surface area contributed by atoms with Gasteiger partial charge in [0.05, 0.1) is 25.5 Å². The van der Waals surface area contributed by atoms with Crippen molar-refractivity contribution in [2.45, 2.75) is 32.5 Å². The fourth-order valence-corrected chi connectivity index (χ4v) is 3.60. The first-order chi connectivity index (χ1) is 12.9. The summed E-state index contributed by atoms with van der Waals surface area (Å²) in [5, 5.41) is 10.7. The summed E-state index contributed by atoms with van der Waals surface area (Å²) < 4.78 is 0. The van der Waals surface area contributed by atoms with Crippen LogP contribution in [0.5, 0.6) is 0 Å². The Hall–Kier alpha value is -2.38. The summed E-state index contributed by atoms with van der Waals surface area (Å²) >= 11 is 1.71. The number of carbonyl (C=O) groups is 2. The Bertz CT molecular complexity index is 727. The molecule has 1 heterocycles. The second kappa shape index (κ2) is 10.1. The molecule has 6 nitrogen and oxygen atoms in total. The number of hydrogen-bond donors (Lipinski definition) is 4. The van der Waals surface area contributed by atoms with Gasteiger partial charge in [-0.25, -0.2) is 4.79 Å². The molecule has 7 heteroatoms. The van der Waals surface area contributed by atoms with Gasteiger partial charge >= 0.3 is 6.03 Å². The highest BCUT2D eigenvalue weighted by atomic mass is 32.1. The molecule has 0 unspecified atom stereocenters. The van der Waals surface area contributed by atoms with Crippen molar-refractivity contribution in [1.29, 1.82) is 0 Å². The van der Waals surface area contributed by atoms with Gasteiger partial charge in [-0.05, 0) is 43.0 Å². The van der Waals surface area contributed by atoms with Gasteiger partial charge in [0.15, 0.2) is 0 Å². The van der Waals surface area contributed by atoms with Gasteiger partial charge < -0.3 is 20.9 Å². The minimum absolute atomic E-state index is 0.0881. The smallest absolute Gasteiger partial charge is 0.315 e. The predicted molar refractivity (Wildman–Crippen MR) is 109 cm³/mol. The van der Waals surface area contributed by atoms with Crippen molar-refractivity contribution in [3.05, 3.63) is 57.8 Å². The van der Waals surface area contributed by atoms with E-state index in [4.69, 9.17) is 0 Å². The Morgan fingerprint density at radius 1 is 1.07 bits per heavy atom. The zero-order valence-corrected chi connectivity index (χ0v) is 17.2. The van der Waals surface area contributed by atoms with Crippen molar-refractivity contribution in [1.82, 2.24) is 16.0 Å². The lowest BCUT2D eigenvalue weighted by molar-refractivity contribution is -0.890. The first-order valence-electron chi connectivity index (χ1n) is 9.11. The molecule has 146 valence electrons. The standard InChI is InChI=1S/C20H28N4O2S/c1-14(2)23-20(26)22-12-15-7-9-16(10-8-15)19(25)21-13-17(24(3)4)18-6-5-11-27-18/h5-11,14,17H,12-13H2,1-4H3,(H,21,25)(H2,22,23,26)/p+1/t17-/m1/s1. The van der Waals surface area contributed by atoms with Gasteiger partial charge in [-0.3, -0.25) is 4.79 Å². The third-order valence-electron chi connectivity index (χ3n) is 4.14. The average Bonchev–Trinajstić information content (AvgIpc) is 3.14. The number of likely N-dealkylation sites (N-methyl/N-ethyl adjacent to an activating group) is 1. The van der Waals surface area contributed by atoms with E-state index in [0.717, 1.165) is 5.56 Å². The van der Waals surface area contributed by atoms with Gasteiger partial charge in [0.25, 0.3) is 5.91 Å². The topological polar surface area (TPSA) is 74.7 Å². The molecule has 0 aliphatic rings. The first kappa shape index (κ1) is 20.9. The van der Waals surface area contributed by atoms with E-state index in [-0.39, 0.29) is 24.0 Å². The van der Waals surface area contributed by atoms with Crippen molar-refractivity contribution >= 4 is 23.3 Å². The molecule has 3 amide bonds. The average molecular weight is 390 g/mol.